The number of amides is 1. The Bertz CT molecular complexity index is 531. The number of carbonyl (C=O) groups is 1. The summed E-state index contributed by atoms with van der Waals surface area (Å²) in [6.45, 7) is 3.83. The van der Waals surface area contributed by atoms with E-state index < -0.39 is 5.54 Å². The number of amidine groups is 1. The van der Waals surface area contributed by atoms with Crippen LogP contribution in [-0.2, 0) is 11.2 Å². The summed E-state index contributed by atoms with van der Waals surface area (Å²) in [5.41, 5.74) is 6.21. The fourth-order valence-corrected chi connectivity index (χ4v) is 3.79. The van der Waals surface area contributed by atoms with Gasteiger partial charge in [0.15, 0.2) is 5.84 Å². The Morgan fingerprint density at radius 1 is 1.48 bits per heavy atom. The van der Waals surface area contributed by atoms with E-state index in [0.29, 0.717) is 19.3 Å². The molecular weight excluding hydrogens is 286 g/mol. The summed E-state index contributed by atoms with van der Waals surface area (Å²) in [5.74, 6) is -0.00661. The molecule has 1 unspecified atom stereocenters. The Morgan fingerprint density at radius 2 is 2.14 bits per heavy atom. The highest BCUT2D eigenvalue weighted by atomic mass is 32.2. The number of oxime groups is 1. The fraction of sp³-hybridized carbons (Fsp3) is 0.467. The van der Waals surface area contributed by atoms with Crippen molar-refractivity contribution in [2.45, 2.75) is 48.8 Å². The van der Waals surface area contributed by atoms with Crippen LogP contribution in [-0.4, -0.2) is 27.7 Å². The highest BCUT2D eigenvalue weighted by Crippen LogP contribution is 2.37. The molecule has 5 nitrogen and oxygen atoms in total. The van der Waals surface area contributed by atoms with E-state index in [1.54, 1.807) is 11.8 Å². The first-order valence-corrected chi connectivity index (χ1v) is 7.99. The zero-order valence-electron chi connectivity index (χ0n) is 12.3. The van der Waals surface area contributed by atoms with Gasteiger partial charge in [0.2, 0.25) is 5.91 Å². The predicted octanol–water partition coefficient (Wildman–Crippen LogP) is 2.12. The molecule has 0 bridgehead atoms. The molecule has 1 aromatic rings. The molecule has 2 rings (SSSR count). The van der Waals surface area contributed by atoms with Crippen LogP contribution in [0.15, 0.2) is 34.3 Å². The van der Waals surface area contributed by atoms with Crippen molar-refractivity contribution < 1.29 is 10.0 Å². The maximum Gasteiger partial charge on any atom is 0.234 e. The van der Waals surface area contributed by atoms with Gasteiger partial charge in [-0.05, 0) is 30.9 Å². The zero-order valence-corrected chi connectivity index (χ0v) is 13.1. The third-order valence-corrected chi connectivity index (χ3v) is 5.42. The third kappa shape index (κ3) is 3.00. The first-order chi connectivity index (χ1) is 10.1. The molecule has 0 saturated heterocycles. The minimum atomic E-state index is -0.777. The summed E-state index contributed by atoms with van der Waals surface area (Å²) in [6.07, 6.45) is 1.87. The highest BCUT2D eigenvalue weighted by Gasteiger charge is 2.37. The van der Waals surface area contributed by atoms with E-state index in [9.17, 15) is 4.79 Å². The van der Waals surface area contributed by atoms with Crippen molar-refractivity contribution >= 4 is 23.5 Å². The number of hydrogen-bond donors (Lipinski definition) is 3. The minimum Gasteiger partial charge on any atom is -0.409 e. The van der Waals surface area contributed by atoms with E-state index in [4.69, 9.17) is 10.9 Å². The minimum absolute atomic E-state index is 0.0568. The van der Waals surface area contributed by atoms with Crippen LogP contribution in [0.1, 0.15) is 32.3 Å². The Balaban J connectivity index is 2.12. The lowest BCUT2D eigenvalue weighted by Crippen LogP contribution is -2.58. The topological polar surface area (TPSA) is 87.7 Å². The Labute approximate surface area is 129 Å². The molecule has 0 fully saturated rings. The zero-order chi connectivity index (χ0) is 15.5. The van der Waals surface area contributed by atoms with Crippen LogP contribution in [0.2, 0.25) is 0 Å². The molecule has 1 aliphatic heterocycles. The highest BCUT2D eigenvalue weighted by molar-refractivity contribution is 8.01. The van der Waals surface area contributed by atoms with Gasteiger partial charge in [0.1, 0.15) is 5.54 Å². The standard InChI is InChI=1S/C15H21N3O2S/c1-3-15(4-2,14(16)18-20)17-13(19)12-9-10-7-5-6-8-11(10)21-12/h5-8,12,20H,3-4,9H2,1-2H3,(H2,16,18)(H,17,19). The summed E-state index contributed by atoms with van der Waals surface area (Å²) < 4.78 is 0. The fourth-order valence-electron chi connectivity index (χ4n) is 2.59. The first-order valence-electron chi connectivity index (χ1n) is 7.11. The summed E-state index contributed by atoms with van der Waals surface area (Å²) >= 11 is 1.57. The summed E-state index contributed by atoms with van der Waals surface area (Å²) in [5, 5.41) is 14.9. The van der Waals surface area contributed by atoms with E-state index in [2.05, 4.69) is 10.5 Å². The Morgan fingerprint density at radius 3 is 2.71 bits per heavy atom. The van der Waals surface area contributed by atoms with Gasteiger partial charge in [-0.25, -0.2) is 0 Å². The van der Waals surface area contributed by atoms with Gasteiger partial charge < -0.3 is 16.3 Å². The molecule has 4 N–H and O–H groups in total. The quantitative estimate of drug-likeness (QED) is 0.336. The van der Waals surface area contributed by atoms with Crippen LogP contribution in [0.5, 0.6) is 0 Å². The van der Waals surface area contributed by atoms with E-state index >= 15 is 0 Å². The van der Waals surface area contributed by atoms with Crippen molar-refractivity contribution in [1.82, 2.24) is 5.32 Å². The SMILES string of the molecule is CCC(CC)(NC(=O)C1Cc2ccccc2S1)C(N)=NO. The van der Waals surface area contributed by atoms with Crippen molar-refractivity contribution in [1.29, 1.82) is 0 Å². The number of nitrogens with one attached hydrogen (secondary N) is 1. The molecule has 21 heavy (non-hydrogen) atoms. The molecule has 1 amide bonds. The maximum absolute atomic E-state index is 12.5. The lowest BCUT2D eigenvalue weighted by Gasteiger charge is -2.32. The van der Waals surface area contributed by atoms with E-state index in [1.807, 2.05) is 38.1 Å². The lowest BCUT2D eigenvalue weighted by molar-refractivity contribution is -0.121. The molecule has 0 aliphatic carbocycles. The van der Waals surface area contributed by atoms with Gasteiger partial charge in [-0.2, -0.15) is 0 Å². The van der Waals surface area contributed by atoms with Crippen LogP contribution in [0.25, 0.3) is 0 Å². The Kier molecular flexibility index (Phi) is 4.77. The number of thioether (sulfide) groups is 1. The number of nitrogens with two attached hydrogens (primary N) is 1. The molecule has 1 heterocycles. The molecule has 0 aromatic heterocycles. The van der Waals surface area contributed by atoms with Crippen molar-refractivity contribution in [3.8, 4) is 0 Å². The predicted molar refractivity (Wildman–Crippen MR) is 84.7 cm³/mol. The van der Waals surface area contributed by atoms with Gasteiger partial charge in [0.25, 0.3) is 0 Å². The van der Waals surface area contributed by atoms with Crippen LogP contribution in [0.3, 0.4) is 0 Å². The van der Waals surface area contributed by atoms with Crippen LogP contribution < -0.4 is 11.1 Å². The van der Waals surface area contributed by atoms with Gasteiger partial charge in [0, 0.05) is 4.90 Å². The molecule has 1 atom stereocenters. The van der Waals surface area contributed by atoms with Crippen LogP contribution in [0, 0.1) is 0 Å². The molecule has 1 aliphatic rings. The van der Waals surface area contributed by atoms with Gasteiger partial charge in [-0.1, -0.05) is 37.2 Å². The number of rotatable bonds is 5. The first kappa shape index (κ1) is 15.7. The van der Waals surface area contributed by atoms with Crippen molar-refractivity contribution in [3.63, 3.8) is 0 Å². The Hall–Kier alpha value is -1.69. The molecule has 0 radical (unpaired) electrons. The maximum atomic E-state index is 12.5. The third-order valence-electron chi connectivity index (χ3n) is 4.11. The van der Waals surface area contributed by atoms with Crippen molar-refractivity contribution in [3.05, 3.63) is 29.8 Å². The monoisotopic (exact) mass is 307 g/mol. The smallest absolute Gasteiger partial charge is 0.234 e. The second kappa shape index (κ2) is 6.39. The summed E-state index contributed by atoms with van der Waals surface area (Å²) in [6, 6.07) is 8.04. The summed E-state index contributed by atoms with van der Waals surface area (Å²) in [4.78, 5) is 13.7. The number of fused-ring (bicyclic) bond motifs is 1. The number of hydrogen-bond acceptors (Lipinski definition) is 4. The van der Waals surface area contributed by atoms with Gasteiger partial charge >= 0.3 is 0 Å². The second-order valence-electron chi connectivity index (χ2n) is 5.18. The van der Waals surface area contributed by atoms with Crippen LogP contribution in [0.4, 0.5) is 0 Å². The van der Waals surface area contributed by atoms with E-state index in [1.165, 1.54) is 5.56 Å². The summed E-state index contributed by atoms with van der Waals surface area (Å²) in [7, 11) is 0. The molecular formula is C15H21N3O2S. The molecule has 0 saturated carbocycles. The average molecular weight is 307 g/mol. The van der Waals surface area contributed by atoms with Gasteiger partial charge in [-0.3, -0.25) is 4.79 Å². The van der Waals surface area contributed by atoms with Gasteiger partial charge in [0.05, 0.1) is 5.25 Å². The molecule has 6 heteroatoms. The second-order valence-corrected chi connectivity index (χ2v) is 6.43. The van der Waals surface area contributed by atoms with Gasteiger partial charge in [-0.15, -0.1) is 11.8 Å². The van der Waals surface area contributed by atoms with E-state index in [-0.39, 0.29) is 17.0 Å². The largest absolute Gasteiger partial charge is 0.409 e. The molecule has 114 valence electrons. The number of carbonyl (C=O) groups excluding carboxylic acids is 1. The van der Waals surface area contributed by atoms with Crippen molar-refractivity contribution in [2.24, 2.45) is 10.9 Å². The molecule has 0 spiro atoms. The van der Waals surface area contributed by atoms with E-state index in [0.717, 1.165) is 4.90 Å². The van der Waals surface area contributed by atoms with Crippen LogP contribution >= 0.6 is 11.8 Å². The normalized spacial score (nSPS) is 18.4. The lowest BCUT2D eigenvalue weighted by atomic mass is 9.91. The molecule has 1 aromatic carbocycles. The van der Waals surface area contributed by atoms with Crippen molar-refractivity contribution in [2.75, 3.05) is 0 Å². The average Bonchev–Trinajstić information content (AvgIpc) is 2.96. The number of nitrogens with zero attached hydrogens (tertiary/aromatic N) is 1. The number of benzene rings is 1.